The Kier molecular flexibility index (Phi) is 5.73. The summed E-state index contributed by atoms with van der Waals surface area (Å²) in [6.07, 6.45) is 6.73. The van der Waals surface area contributed by atoms with Crippen LogP contribution in [0.2, 0.25) is 5.02 Å². The molecule has 0 saturated carbocycles. The molecule has 150 valence electrons. The summed E-state index contributed by atoms with van der Waals surface area (Å²) in [6.45, 7) is 5.85. The molecule has 0 atom stereocenters. The molecule has 2 aliphatic heterocycles. The summed E-state index contributed by atoms with van der Waals surface area (Å²) in [5.74, 6) is 0.0375. The zero-order valence-electron chi connectivity index (χ0n) is 16.2. The van der Waals surface area contributed by atoms with E-state index < -0.39 is 0 Å². The highest BCUT2D eigenvalue weighted by atomic mass is 35.5. The van der Waals surface area contributed by atoms with Gasteiger partial charge in [-0.05, 0) is 38.4 Å². The lowest BCUT2D eigenvalue weighted by Crippen LogP contribution is -2.44. The number of carbonyl (C=O) groups excluding carboxylic acids is 1. The van der Waals surface area contributed by atoms with Crippen LogP contribution in [-0.4, -0.2) is 67.1 Å². The third kappa shape index (κ3) is 3.95. The second-order valence-corrected chi connectivity index (χ2v) is 7.90. The lowest BCUT2D eigenvalue weighted by molar-refractivity contribution is 0.101. The first-order valence-corrected chi connectivity index (χ1v) is 10.3. The Bertz CT molecular complexity index is 810. The minimum Gasteiger partial charge on any atom is -0.369 e. The van der Waals surface area contributed by atoms with Gasteiger partial charge in [0.25, 0.3) is 5.91 Å². The van der Waals surface area contributed by atoms with Crippen molar-refractivity contribution >= 4 is 34.6 Å². The molecule has 0 bridgehead atoms. The third-order valence-corrected chi connectivity index (χ3v) is 5.95. The van der Waals surface area contributed by atoms with Crippen molar-refractivity contribution in [2.24, 2.45) is 0 Å². The molecule has 1 aromatic heterocycles. The summed E-state index contributed by atoms with van der Waals surface area (Å²) >= 11 is 6.95. The largest absolute Gasteiger partial charge is 0.369 e. The Morgan fingerprint density at radius 2 is 1.82 bits per heavy atom. The number of hydrogen-bond acceptors (Lipinski definition) is 5. The molecule has 28 heavy (non-hydrogen) atoms. The number of rotatable bonds is 4. The van der Waals surface area contributed by atoms with Gasteiger partial charge in [-0.2, -0.15) is 0 Å². The standard InChI is InChI=1S/C20H27ClN6O/c1-25-11-13-26(14-12-25)16-6-5-15(24-20(28)19-22-7-8-23-19)18(17(16)21)27-9-3-2-4-10-27/h5-8H,2-4,9-14H2,1H3,(H,22,23)(H,24,28). The second-order valence-electron chi connectivity index (χ2n) is 7.52. The van der Waals surface area contributed by atoms with Crippen LogP contribution < -0.4 is 15.1 Å². The lowest BCUT2D eigenvalue weighted by Gasteiger charge is -2.37. The maximum atomic E-state index is 12.6. The molecule has 1 amide bonds. The van der Waals surface area contributed by atoms with Crippen molar-refractivity contribution in [2.45, 2.75) is 19.3 Å². The maximum Gasteiger partial charge on any atom is 0.291 e. The van der Waals surface area contributed by atoms with Crippen LogP contribution in [0.5, 0.6) is 0 Å². The molecule has 0 unspecified atom stereocenters. The van der Waals surface area contributed by atoms with E-state index in [1.165, 1.54) is 6.42 Å². The first-order valence-electron chi connectivity index (χ1n) is 9.95. The molecule has 1 aromatic carbocycles. The molecular formula is C20H27ClN6O. The fourth-order valence-electron chi connectivity index (χ4n) is 3.94. The van der Waals surface area contributed by atoms with Gasteiger partial charge in [-0.1, -0.05) is 11.6 Å². The molecule has 2 aliphatic rings. The Morgan fingerprint density at radius 3 is 2.50 bits per heavy atom. The molecule has 0 spiro atoms. The van der Waals surface area contributed by atoms with Gasteiger partial charge in [-0.15, -0.1) is 0 Å². The van der Waals surface area contributed by atoms with Crippen molar-refractivity contribution in [2.75, 3.05) is 61.4 Å². The van der Waals surface area contributed by atoms with Crippen molar-refractivity contribution in [1.82, 2.24) is 14.9 Å². The average molecular weight is 403 g/mol. The van der Waals surface area contributed by atoms with Gasteiger partial charge < -0.3 is 25.0 Å². The van der Waals surface area contributed by atoms with Gasteiger partial charge >= 0.3 is 0 Å². The smallest absolute Gasteiger partial charge is 0.291 e. The van der Waals surface area contributed by atoms with Crippen molar-refractivity contribution in [1.29, 1.82) is 0 Å². The van der Waals surface area contributed by atoms with Gasteiger partial charge in [-0.25, -0.2) is 4.98 Å². The van der Waals surface area contributed by atoms with E-state index in [1.54, 1.807) is 12.4 Å². The first kappa shape index (κ1) is 19.1. The summed E-state index contributed by atoms with van der Waals surface area (Å²) in [7, 11) is 2.14. The molecule has 4 rings (SSSR count). The lowest BCUT2D eigenvalue weighted by atomic mass is 10.1. The molecule has 0 aliphatic carbocycles. The van der Waals surface area contributed by atoms with Gasteiger partial charge in [0.05, 0.1) is 22.1 Å². The predicted molar refractivity (Wildman–Crippen MR) is 114 cm³/mol. The van der Waals surface area contributed by atoms with Gasteiger partial charge in [0, 0.05) is 51.7 Å². The SMILES string of the molecule is CN1CCN(c2ccc(NC(=O)c3ncc[nH]3)c(N3CCCCC3)c2Cl)CC1. The number of amides is 1. The second kappa shape index (κ2) is 8.41. The van der Waals surface area contributed by atoms with Crippen LogP contribution in [0.3, 0.4) is 0 Å². The number of nitrogens with zero attached hydrogens (tertiary/aromatic N) is 4. The van der Waals surface area contributed by atoms with E-state index in [1.807, 2.05) is 12.1 Å². The number of halogens is 1. The normalized spacial score (nSPS) is 18.4. The fraction of sp³-hybridized carbons (Fsp3) is 0.500. The Hall–Kier alpha value is -2.25. The van der Waals surface area contributed by atoms with Gasteiger partial charge in [0.2, 0.25) is 0 Å². The molecule has 2 saturated heterocycles. The molecular weight excluding hydrogens is 376 g/mol. The van der Waals surface area contributed by atoms with E-state index in [-0.39, 0.29) is 5.91 Å². The van der Waals surface area contributed by atoms with E-state index in [2.05, 4.69) is 37.0 Å². The Labute approximate surface area is 170 Å². The van der Waals surface area contributed by atoms with E-state index in [0.717, 1.165) is 74.2 Å². The van der Waals surface area contributed by atoms with Crippen LogP contribution >= 0.6 is 11.6 Å². The van der Waals surface area contributed by atoms with Crippen LogP contribution in [0.15, 0.2) is 24.5 Å². The molecule has 8 heteroatoms. The number of piperazine rings is 1. The van der Waals surface area contributed by atoms with Crippen molar-refractivity contribution in [3.63, 3.8) is 0 Å². The average Bonchev–Trinajstić information content (AvgIpc) is 3.25. The molecule has 2 fully saturated rings. The highest BCUT2D eigenvalue weighted by Gasteiger charge is 2.25. The highest BCUT2D eigenvalue weighted by Crippen LogP contribution is 2.42. The summed E-state index contributed by atoms with van der Waals surface area (Å²) in [6, 6.07) is 4.00. The van der Waals surface area contributed by atoms with Crippen LogP contribution in [0, 0.1) is 0 Å². The number of anilines is 3. The molecule has 2 aromatic rings. The quantitative estimate of drug-likeness (QED) is 0.822. The molecule has 0 radical (unpaired) electrons. The zero-order chi connectivity index (χ0) is 19.5. The number of hydrogen-bond donors (Lipinski definition) is 2. The van der Waals surface area contributed by atoms with E-state index in [4.69, 9.17) is 11.6 Å². The number of benzene rings is 1. The Morgan fingerprint density at radius 1 is 1.07 bits per heavy atom. The number of imidazole rings is 1. The maximum absolute atomic E-state index is 12.6. The summed E-state index contributed by atoms with van der Waals surface area (Å²) in [5.41, 5.74) is 2.72. The predicted octanol–water partition coefficient (Wildman–Crippen LogP) is 3.06. The fourth-order valence-corrected chi connectivity index (χ4v) is 4.35. The third-order valence-electron chi connectivity index (χ3n) is 5.57. The van der Waals surface area contributed by atoms with Gasteiger partial charge in [0.1, 0.15) is 0 Å². The van der Waals surface area contributed by atoms with E-state index in [0.29, 0.717) is 5.82 Å². The minimum atomic E-state index is -0.258. The monoisotopic (exact) mass is 402 g/mol. The zero-order valence-corrected chi connectivity index (χ0v) is 17.0. The minimum absolute atomic E-state index is 0.258. The Balaban J connectivity index is 1.66. The number of aromatic nitrogens is 2. The van der Waals surface area contributed by atoms with Crippen LogP contribution in [0.4, 0.5) is 17.1 Å². The summed E-state index contributed by atoms with van der Waals surface area (Å²) in [5, 5.41) is 3.73. The number of nitrogens with one attached hydrogen (secondary N) is 2. The van der Waals surface area contributed by atoms with E-state index in [9.17, 15) is 4.79 Å². The number of carbonyl (C=O) groups is 1. The summed E-state index contributed by atoms with van der Waals surface area (Å²) < 4.78 is 0. The first-order chi connectivity index (χ1) is 13.6. The highest BCUT2D eigenvalue weighted by molar-refractivity contribution is 6.37. The molecule has 7 nitrogen and oxygen atoms in total. The van der Waals surface area contributed by atoms with Crippen molar-refractivity contribution in [3.8, 4) is 0 Å². The number of likely N-dealkylation sites (N-methyl/N-ethyl adjacent to an activating group) is 1. The molecule has 3 heterocycles. The number of aromatic amines is 1. The van der Waals surface area contributed by atoms with Gasteiger partial charge in [0.15, 0.2) is 5.82 Å². The van der Waals surface area contributed by atoms with Gasteiger partial charge in [-0.3, -0.25) is 4.79 Å². The summed E-state index contributed by atoms with van der Waals surface area (Å²) in [4.78, 5) is 26.4. The van der Waals surface area contributed by atoms with Crippen LogP contribution in [0.25, 0.3) is 0 Å². The van der Waals surface area contributed by atoms with Crippen molar-refractivity contribution < 1.29 is 4.79 Å². The number of piperidine rings is 1. The topological polar surface area (TPSA) is 67.5 Å². The number of H-pyrrole nitrogens is 1. The van der Waals surface area contributed by atoms with Crippen LogP contribution in [0.1, 0.15) is 29.9 Å². The van der Waals surface area contributed by atoms with Crippen molar-refractivity contribution in [3.05, 3.63) is 35.4 Å². The van der Waals surface area contributed by atoms with Crippen LogP contribution in [-0.2, 0) is 0 Å². The molecule has 2 N–H and O–H groups in total. The van der Waals surface area contributed by atoms with E-state index >= 15 is 0 Å².